The van der Waals surface area contributed by atoms with E-state index in [1.165, 1.54) is 18.3 Å². The van der Waals surface area contributed by atoms with Crippen LogP contribution >= 0.6 is 11.6 Å². The summed E-state index contributed by atoms with van der Waals surface area (Å²) in [6, 6.07) is 5.77. The number of rotatable bonds is 1. The van der Waals surface area contributed by atoms with Gasteiger partial charge in [0.2, 0.25) is 5.95 Å². The van der Waals surface area contributed by atoms with Crippen molar-refractivity contribution in [2.45, 2.75) is 0 Å². The largest absolute Gasteiger partial charge is 0.368 e. The van der Waals surface area contributed by atoms with Gasteiger partial charge in [-0.1, -0.05) is 11.6 Å². The highest BCUT2D eigenvalue weighted by atomic mass is 35.5. The number of benzene rings is 1. The number of hydrogen-bond acceptors (Lipinski definition) is 3. The fourth-order valence-electron chi connectivity index (χ4n) is 1.22. The molecule has 2 aromatic rings. The second kappa shape index (κ2) is 3.82. The molecule has 0 atom stereocenters. The number of nitrogens with zero attached hydrogens (tertiary/aromatic N) is 2. The van der Waals surface area contributed by atoms with Gasteiger partial charge in [-0.05, 0) is 24.3 Å². The molecule has 1 heterocycles. The van der Waals surface area contributed by atoms with Crippen molar-refractivity contribution in [3.05, 3.63) is 41.3 Å². The summed E-state index contributed by atoms with van der Waals surface area (Å²) in [5, 5.41) is 0.299. The quantitative estimate of drug-likeness (QED) is 0.808. The average Bonchev–Trinajstić information content (AvgIpc) is 2.17. The first-order chi connectivity index (χ1) is 7.16. The Morgan fingerprint density at radius 1 is 1.27 bits per heavy atom. The highest BCUT2D eigenvalue weighted by Gasteiger charge is 2.06. The summed E-state index contributed by atoms with van der Waals surface area (Å²) in [6.07, 6.45) is 1.53. The number of nitrogen functional groups attached to an aromatic ring is 1. The van der Waals surface area contributed by atoms with Gasteiger partial charge in [0.1, 0.15) is 5.82 Å². The standard InChI is InChI=1S/C10H7ClFN3/c11-8-5-6(12)1-2-7(8)9-3-4-14-10(13)15-9/h1-5H,(H2,13,14,15). The Labute approximate surface area is 90.7 Å². The van der Waals surface area contributed by atoms with Crippen LogP contribution in [0.5, 0.6) is 0 Å². The lowest BCUT2D eigenvalue weighted by molar-refractivity contribution is 0.628. The molecule has 0 amide bonds. The van der Waals surface area contributed by atoms with Crippen LogP contribution in [-0.2, 0) is 0 Å². The fraction of sp³-hybridized carbons (Fsp3) is 0. The molecule has 0 aliphatic carbocycles. The first kappa shape index (κ1) is 9.86. The molecule has 0 bridgehead atoms. The van der Waals surface area contributed by atoms with Crippen molar-refractivity contribution in [2.75, 3.05) is 5.73 Å². The average molecular weight is 224 g/mol. The minimum absolute atomic E-state index is 0.160. The van der Waals surface area contributed by atoms with Crippen molar-refractivity contribution in [2.24, 2.45) is 0 Å². The highest BCUT2D eigenvalue weighted by Crippen LogP contribution is 2.26. The normalized spacial score (nSPS) is 10.3. The number of halogens is 2. The molecule has 5 heteroatoms. The maximum Gasteiger partial charge on any atom is 0.220 e. The van der Waals surface area contributed by atoms with Gasteiger partial charge in [0.05, 0.1) is 10.7 Å². The third-order valence-corrected chi connectivity index (χ3v) is 2.19. The van der Waals surface area contributed by atoms with Crippen LogP contribution in [0.3, 0.4) is 0 Å². The number of nitrogens with two attached hydrogens (primary N) is 1. The molecule has 0 unspecified atom stereocenters. The van der Waals surface area contributed by atoms with Crippen molar-refractivity contribution in [3.8, 4) is 11.3 Å². The predicted molar refractivity (Wildman–Crippen MR) is 56.8 cm³/mol. The molecule has 15 heavy (non-hydrogen) atoms. The zero-order chi connectivity index (χ0) is 10.8. The zero-order valence-corrected chi connectivity index (χ0v) is 8.37. The minimum Gasteiger partial charge on any atom is -0.368 e. The monoisotopic (exact) mass is 223 g/mol. The van der Waals surface area contributed by atoms with Gasteiger partial charge in [-0.25, -0.2) is 14.4 Å². The maximum atomic E-state index is 12.8. The lowest BCUT2D eigenvalue weighted by Gasteiger charge is -2.03. The van der Waals surface area contributed by atoms with Crippen LogP contribution in [0.2, 0.25) is 5.02 Å². The molecule has 0 saturated heterocycles. The molecule has 2 rings (SSSR count). The van der Waals surface area contributed by atoms with Crippen molar-refractivity contribution in [3.63, 3.8) is 0 Å². The third-order valence-electron chi connectivity index (χ3n) is 1.88. The van der Waals surface area contributed by atoms with Gasteiger partial charge in [0.25, 0.3) is 0 Å². The SMILES string of the molecule is Nc1nccc(-c2ccc(F)cc2Cl)n1. The van der Waals surface area contributed by atoms with E-state index < -0.39 is 0 Å². The van der Waals surface area contributed by atoms with E-state index in [-0.39, 0.29) is 11.8 Å². The van der Waals surface area contributed by atoms with Crippen molar-refractivity contribution < 1.29 is 4.39 Å². The Kier molecular flexibility index (Phi) is 2.51. The van der Waals surface area contributed by atoms with Gasteiger partial charge >= 0.3 is 0 Å². The molecule has 1 aromatic heterocycles. The van der Waals surface area contributed by atoms with E-state index in [1.54, 1.807) is 12.1 Å². The van der Waals surface area contributed by atoms with Crippen LogP contribution in [0, 0.1) is 5.82 Å². The predicted octanol–water partition coefficient (Wildman–Crippen LogP) is 2.52. The summed E-state index contributed by atoms with van der Waals surface area (Å²) in [5.74, 6) is -0.223. The second-order valence-electron chi connectivity index (χ2n) is 2.92. The Morgan fingerprint density at radius 2 is 2.07 bits per heavy atom. The molecular formula is C10H7ClFN3. The molecule has 0 fully saturated rings. The van der Waals surface area contributed by atoms with Gasteiger partial charge in [-0.2, -0.15) is 0 Å². The Hall–Kier alpha value is -1.68. The minimum atomic E-state index is -0.384. The van der Waals surface area contributed by atoms with Gasteiger partial charge < -0.3 is 5.73 Å². The summed E-state index contributed by atoms with van der Waals surface area (Å²) < 4.78 is 12.8. The van der Waals surface area contributed by atoms with Crippen molar-refractivity contribution in [1.82, 2.24) is 9.97 Å². The summed E-state index contributed by atoms with van der Waals surface area (Å²) in [7, 11) is 0. The molecule has 0 spiro atoms. The summed E-state index contributed by atoms with van der Waals surface area (Å²) in [4.78, 5) is 7.76. The molecule has 0 saturated carbocycles. The van der Waals surface area contributed by atoms with E-state index in [2.05, 4.69) is 9.97 Å². The summed E-state index contributed by atoms with van der Waals surface area (Å²) >= 11 is 5.88. The van der Waals surface area contributed by atoms with Crippen LogP contribution in [0.25, 0.3) is 11.3 Å². The van der Waals surface area contributed by atoms with Gasteiger partial charge in [-0.15, -0.1) is 0 Å². The van der Waals surface area contributed by atoms with Crippen molar-refractivity contribution in [1.29, 1.82) is 0 Å². The first-order valence-electron chi connectivity index (χ1n) is 4.21. The Balaban J connectivity index is 2.54. The molecule has 76 valence electrons. The fourth-order valence-corrected chi connectivity index (χ4v) is 1.49. The second-order valence-corrected chi connectivity index (χ2v) is 3.33. The van der Waals surface area contributed by atoms with Crippen LogP contribution in [0.15, 0.2) is 30.5 Å². The number of hydrogen-bond donors (Lipinski definition) is 1. The van der Waals surface area contributed by atoms with E-state index in [4.69, 9.17) is 17.3 Å². The summed E-state index contributed by atoms with van der Waals surface area (Å²) in [6.45, 7) is 0. The topological polar surface area (TPSA) is 51.8 Å². The van der Waals surface area contributed by atoms with E-state index in [0.29, 0.717) is 16.3 Å². The Bertz CT molecular complexity index is 502. The number of aromatic nitrogens is 2. The van der Waals surface area contributed by atoms with Gasteiger partial charge in [0.15, 0.2) is 0 Å². The van der Waals surface area contributed by atoms with E-state index in [1.807, 2.05) is 0 Å². The van der Waals surface area contributed by atoms with E-state index in [0.717, 1.165) is 0 Å². The molecule has 0 radical (unpaired) electrons. The van der Waals surface area contributed by atoms with Crippen LogP contribution in [0.4, 0.5) is 10.3 Å². The maximum absolute atomic E-state index is 12.8. The lowest BCUT2D eigenvalue weighted by Crippen LogP contribution is -1.95. The third kappa shape index (κ3) is 2.05. The van der Waals surface area contributed by atoms with Crippen LogP contribution < -0.4 is 5.73 Å². The Morgan fingerprint density at radius 3 is 2.73 bits per heavy atom. The smallest absolute Gasteiger partial charge is 0.220 e. The molecule has 2 N–H and O–H groups in total. The van der Waals surface area contributed by atoms with Crippen molar-refractivity contribution >= 4 is 17.5 Å². The number of anilines is 1. The molecule has 0 aliphatic rings. The van der Waals surface area contributed by atoms with Crippen LogP contribution in [-0.4, -0.2) is 9.97 Å². The first-order valence-corrected chi connectivity index (χ1v) is 4.58. The molecule has 0 aliphatic heterocycles. The molecule has 3 nitrogen and oxygen atoms in total. The molecule has 1 aromatic carbocycles. The van der Waals surface area contributed by atoms with E-state index in [9.17, 15) is 4.39 Å². The van der Waals surface area contributed by atoms with Gasteiger partial charge in [-0.3, -0.25) is 0 Å². The van der Waals surface area contributed by atoms with Crippen LogP contribution in [0.1, 0.15) is 0 Å². The molecular weight excluding hydrogens is 217 g/mol. The van der Waals surface area contributed by atoms with Gasteiger partial charge in [0, 0.05) is 11.8 Å². The van der Waals surface area contributed by atoms with E-state index >= 15 is 0 Å². The lowest BCUT2D eigenvalue weighted by atomic mass is 10.1. The zero-order valence-electron chi connectivity index (χ0n) is 7.61. The summed E-state index contributed by atoms with van der Waals surface area (Å²) in [5.41, 5.74) is 6.64. The highest BCUT2D eigenvalue weighted by molar-refractivity contribution is 6.33.